The Hall–Kier alpha value is -1.93. The highest BCUT2D eigenvalue weighted by Crippen LogP contribution is 2.23. The highest BCUT2D eigenvalue weighted by molar-refractivity contribution is 7.97. The van der Waals surface area contributed by atoms with E-state index in [2.05, 4.69) is 21.1 Å². The number of para-hydroxylation sites is 1. The fraction of sp³-hybridized carbons (Fsp3) is 0.176. The maximum Gasteiger partial charge on any atom is 0.250 e. The van der Waals surface area contributed by atoms with Crippen molar-refractivity contribution in [3.63, 3.8) is 0 Å². The van der Waals surface area contributed by atoms with Crippen LogP contribution in [0.1, 0.15) is 5.01 Å². The van der Waals surface area contributed by atoms with E-state index in [1.165, 1.54) is 23.8 Å². The molecule has 2 N–H and O–H groups in total. The van der Waals surface area contributed by atoms with E-state index < -0.39 is 0 Å². The van der Waals surface area contributed by atoms with Gasteiger partial charge in [-0.15, -0.1) is 11.3 Å². The highest BCUT2D eigenvalue weighted by Gasteiger charge is 2.05. The first-order valence-electron chi connectivity index (χ1n) is 7.37. The second-order valence-corrected chi connectivity index (χ2v) is 7.09. The molecule has 1 heterocycles. The summed E-state index contributed by atoms with van der Waals surface area (Å²) in [5, 5.41) is 3.84. The minimum Gasteiger partial charge on any atom is -0.375 e. The summed E-state index contributed by atoms with van der Waals surface area (Å²) in [5.74, 6) is -0.165. The SMILES string of the molecule is COCC(=O)Nc1cccc(SNCc2nc3ccccc3s2)c1. The van der Waals surface area contributed by atoms with Gasteiger partial charge in [-0.05, 0) is 42.3 Å². The van der Waals surface area contributed by atoms with Gasteiger partial charge < -0.3 is 10.1 Å². The van der Waals surface area contributed by atoms with Crippen molar-refractivity contribution in [3.05, 3.63) is 53.5 Å². The predicted molar refractivity (Wildman–Crippen MR) is 99.3 cm³/mol. The molecule has 0 aliphatic rings. The third-order valence-corrected chi connectivity index (χ3v) is 4.96. The summed E-state index contributed by atoms with van der Waals surface area (Å²) in [6.45, 7) is 0.734. The lowest BCUT2D eigenvalue weighted by Crippen LogP contribution is -2.17. The van der Waals surface area contributed by atoms with Crippen LogP contribution in [0.5, 0.6) is 0 Å². The van der Waals surface area contributed by atoms with Crippen LogP contribution >= 0.6 is 23.3 Å². The summed E-state index contributed by atoms with van der Waals surface area (Å²) in [4.78, 5) is 17.2. The number of hydrogen-bond acceptors (Lipinski definition) is 6. The number of thiazole rings is 1. The van der Waals surface area contributed by atoms with Crippen molar-refractivity contribution in [3.8, 4) is 0 Å². The Bertz CT molecular complexity index is 802. The van der Waals surface area contributed by atoms with E-state index in [0.29, 0.717) is 6.54 Å². The van der Waals surface area contributed by atoms with E-state index in [4.69, 9.17) is 4.74 Å². The Kier molecular flexibility index (Phi) is 5.81. The first-order valence-corrected chi connectivity index (χ1v) is 9.01. The van der Waals surface area contributed by atoms with Crippen LogP contribution in [0.25, 0.3) is 10.2 Å². The molecule has 3 rings (SSSR count). The van der Waals surface area contributed by atoms with Crippen LogP contribution < -0.4 is 10.0 Å². The maximum absolute atomic E-state index is 11.5. The summed E-state index contributed by atoms with van der Waals surface area (Å²) in [5.41, 5.74) is 1.79. The summed E-state index contributed by atoms with van der Waals surface area (Å²) < 4.78 is 9.32. The molecule has 124 valence electrons. The zero-order valence-electron chi connectivity index (χ0n) is 13.1. The number of fused-ring (bicyclic) bond motifs is 1. The van der Waals surface area contributed by atoms with Gasteiger partial charge in [-0.2, -0.15) is 0 Å². The molecule has 1 aromatic heterocycles. The monoisotopic (exact) mass is 359 g/mol. The normalized spacial score (nSPS) is 10.9. The van der Waals surface area contributed by atoms with Gasteiger partial charge in [-0.25, -0.2) is 4.98 Å². The molecule has 0 fully saturated rings. The summed E-state index contributed by atoms with van der Waals surface area (Å²) in [6.07, 6.45) is 0. The molecule has 0 atom stereocenters. The molecule has 0 bridgehead atoms. The molecule has 1 amide bonds. The zero-order chi connectivity index (χ0) is 16.8. The number of nitrogens with one attached hydrogen (secondary N) is 2. The van der Waals surface area contributed by atoms with Crippen molar-refractivity contribution in [1.29, 1.82) is 0 Å². The van der Waals surface area contributed by atoms with E-state index in [1.54, 1.807) is 11.3 Å². The minimum absolute atomic E-state index is 0.0488. The molecule has 24 heavy (non-hydrogen) atoms. The van der Waals surface area contributed by atoms with Crippen LogP contribution in [0, 0.1) is 0 Å². The lowest BCUT2D eigenvalue weighted by molar-refractivity contribution is -0.119. The van der Waals surface area contributed by atoms with Crippen molar-refractivity contribution in [2.45, 2.75) is 11.4 Å². The third-order valence-electron chi connectivity index (χ3n) is 3.14. The second-order valence-electron chi connectivity index (χ2n) is 5.01. The topological polar surface area (TPSA) is 63.2 Å². The first kappa shape index (κ1) is 16.9. The van der Waals surface area contributed by atoms with Gasteiger partial charge in [0.25, 0.3) is 0 Å². The molecule has 3 aromatic rings. The number of carbonyl (C=O) groups excluding carboxylic acids is 1. The molecule has 0 saturated heterocycles. The molecule has 0 aliphatic carbocycles. The number of nitrogens with zero attached hydrogens (tertiary/aromatic N) is 1. The Morgan fingerprint density at radius 3 is 2.96 bits per heavy atom. The molecule has 0 aliphatic heterocycles. The van der Waals surface area contributed by atoms with Gasteiger partial charge in [-0.3, -0.25) is 9.52 Å². The van der Waals surface area contributed by atoms with Gasteiger partial charge in [0, 0.05) is 17.7 Å². The summed E-state index contributed by atoms with van der Waals surface area (Å²) in [7, 11) is 1.50. The smallest absolute Gasteiger partial charge is 0.250 e. The average molecular weight is 359 g/mol. The molecule has 0 unspecified atom stereocenters. The van der Waals surface area contributed by atoms with Gasteiger partial charge in [0.15, 0.2) is 0 Å². The summed E-state index contributed by atoms with van der Waals surface area (Å²) >= 11 is 3.21. The summed E-state index contributed by atoms with van der Waals surface area (Å²) in [6, 6.07) is 15.8. The van der Waals surface area contributed by atoms with Gasteiger partial charge in [0.1, 0.15) is 11.6 Å². The van der Waals surface area contributed by atoms with Crippen LogP contribution in [0.3, 0.4) is 0 Å². The number of carbonyl (C=O) groups is 1. The second kappa shape index (κ2) is 8.25. The quantitative estimate of drug-likeness (QED) is 0.630. The molecule has 0 radical (unpaired) electrons. The fourth-order valence-corrected chi connectivity index (χ4v) is 3.85. The van der Waals surface area contributed by atoms with Crippen LogP contribution in [0.2, 0.25) is 0 Å². The Morgan fingerprint density at radius 1 is 1.25 bits per heavy atom. The fourth-order valence-electron chi connectivity index (χ4n) is 2.14. The number of ether oxygens (including phenoxy) is 1. The van der Waals surface area contributed by atoms with Crippen LogP contribution in [-0.2, 0) is 16.1 Å². The van der Waals surface area contributed by atoms with Crippen LogP contribution in [0.15, 0.2) is 53.4 Å². The maximum atomic E-state index is 11.5. The zero-order valence-corrected chi connectivity index (χ0v) is 14.7. The van der Waals surface area contributed by atoms with E-state index >= 15 is 0 Å². The Labute approximate surface area is 148 Å². The predicted octanol–water partition coefficient (Wildman–Crippen LogP) is 3.68. The van der Waals surface area contributed by atoms with Crippen molar-refractivity contribution in [1.82, 2.24) is 9.71 Å². The van der Waals surface area contributed by atoms with Crippen molar-refractivity contribution in [2.75, 3.05) is 19.0 Å². The molecule has 0 saturated carbocycles. The first-order chi connectivity index (χ1) is 11.7. The van der Waals surface area contributed by atoms with E-state index in [1.807, 2.05) is 42.5 Å². The van der Waals surface area contributed by atoms with Gasteiger partial charge in [0.05, 0.1) is 16.8 Å². The number of benzene rings is 2. The Morgan fingerprint density at radius 2 is 2.12 bits per heavy atom. The molecular weight excluding hydrogens is 342 g/mol. The molecule has 0 spiro atoms. The van der Waals surface area contributed by atoms with Gasteiger partial charge >= 0.3 is 0 Å². The van der Waals surface area contributed by atoms with Crippen molar-refractivity contribution in [2.24, 2.45) is 0 Å². The van der Waals surface area contributed by atoms with Crippen molar-refractivity contribution >= 4 is 45.1 Å². The lowest BCUT2D eigenvalue weighted by Gasteiger charge is -2.07. The number of amides is 1. The number of rotatable bonds is 7. The average Bonchev–Trinajstić information content (AvgIpc) is 2.98. The molecule has 7 heteroatoms. The number of aromatic nitrogens is 1. The standard InChI is InChI=1S/C17H17N3O2S2/c1-22-11-16(21)19-12-5-4-6-13(9-12)24-18-10-17-20-14-7-2-3-8-15(14)23-17/h2-9,18H,10-11H2,1H3,(H,19,21). The lowest BCUT2D eigenvalue weighted by atomic mass is 10.3. The molecular formula is C17H17N3O2S2. The minimum atomic E-state index is -0.165. The third kappa shape index (κ3) is 4.55. The molecule has 5 nitrogen and oxygen atoms in total. The van der Waals surface area contributed by atoms with Crippen LogP contribution in [0.4, 0.5) is 5.69 Å². The Balaban J connectivity index is 1.55. The largest absolute Gasteiger partial charge is 0.375 e. The molecule has 2 aromatic carbocycles. The number of hydrogen-bond donors (Lipinski definition) is 2. The van der Waals surface area contributed by atoms with Crippen molar-refractivity contribution < 1.29 is 9.53 Å². The van der Waals surface area contributed by atoms with Gasteiger partial charge in [0.2, 0.25) is 5.91 Å². The van der Waals surface area contributed by atoms with Crippen LogP contribution in [-0.4, -0.2) is 24.6 Å². The van der Waals surface area contributed by atoms with E-state index in [-0.39, 0.29) is 12.5 Å². The van der Waals surface area contributed by atoms with E-state index in [0.717, 1.165) is 21.1 Å². The van der Waals surface area contributed by atoms with Gasteiger partial charge in [-0.1, -0.05) is 18.2 Å². The van der Waals surface area contributed by atoms with E-state index in [9.17, 15) is 4.79 Å². The number of methoxy groups -OCH3 is 1. The number of anilines is 1. The highest BCUT2D eigenvalue weighted by atomic mass is 32.2.